The van der Waals surface area contributed by atoms with E-state index in [2.05, 4.69) is 20.3 Å². The number of morpholine rings is 1. The van der Waals surface area contributed by atoms with Crippen molar-refractivity contribution in [2.24, 2.45) is 0 Å². The molecule has 3 aromatic heterocycles. The van der Waals surface area contributed by atoms with Crippen LogP contribution in [0.25, 0.3) is 21.1 Å². The Kier molecular flexibility index (Phi) is 5.44. The van der Waals surface area contributed by atoms with Gasteiger partial charge in [0, 0.05) is 11.9 Å². The number of amides is 1. The van der Waals surface area contributed by atoms with Crippen molar-refractivity contribution in [3.05, 3.63) is 53.1 Å². The van der Waals surface area contributed by atoms with E-state index in [1.807, 2.05) is 49.9 Å². The highest BCUT2D eigenvalue weighted by molar-refractivity contribution is 7.16. The largest absolute Gasteiger partial charge is 0.377 e. The van der Waals surface area contributed by atoms with Crippen LogP contribution in [0, 0.1) is 6.92 Å². The summed E-state index contributed by atoms with van der Waals surface area (Å²) in [6.07, 6.45) is 1.53. The summed E-state index contributed by atoms with van der Waals surface area (Å²) in [6, 6.07) is 7.92. The van der Waals surface area contributed by atoms with Crippen LogP contribution in [0.3, 0.4) is 0 Å². The van der Waals surface area contributed by atoms with E-state index in [4.69, 9.17) is 9.72 Å². The van der Waals surface area contributed by atoms with Gasteiger partial charge >= 0.3 is 0 Å². The number of rotatable bonds is 4. The van der Waals surface area contributed by atoms with Gasteiger partial charge in [-0.3, -0.25) is 4.79 Å². The highest BCUT2D eigenvalue weighted by Gasteiger charge is 2.28. The molecule has 5 rings (SSSR count). The molecule has 0 radical (unpaired) electrons. The monoisotopic (exact) mass is 448 g/mol. The molecule has 1 N–H and O–H groups in total. The first-order valence-electron chi connectivity index (χ1n) is 10.6. The lowest BCUT2D eigenvalue weighted by atomic mass is 10.0. The fraction of sp³-hybridized carbons (Fsp3) is 0.348. The summed E-state index contributed by atoms with van der Waals surface area (Å²) in [5.41, 5.74) is 4.78. The Hall–Kier alpha value is -3.17. The first kappa shape index (κ1) is 20.7. The molecule has 0 bridgehead atoms. The smallest absolute Gasteiger partial charge is 0.273 e. The molecule has 1 fully saturated rings. The van der Waals surface area contributed by atoms with Crippen LogP contribution in [0.1, 0.15) is 41.6 Å². The normalized spacial score (nSPS) is 17.6. The summed E-state index contributed by atoms with van der Waals surface area (Å²) < 4.78 is 5.52. The van der Waals surface area contributed by atoms with Crippen LogP contribution in [0.2, 0.25) is 0 Å². The zero-order valence-electron chi connectivity index (χ0n) is 18.2. The van der Waals surface area contributed by atoms with E-state index in [1.54, 1.807) is 5.51 Å². The molecule has 0 unspecified atom stereocenters. The second kappa shape index (κ2) is 8.40. The van der Waals surface area contributed by atoms with Crippen LogP contribution in [-0.2, 0) is 4.74 Å². The molecule has 1 amide bonds. The Labute approximate surface area is 189 Å². The van der Waals surface area contributed by atoms with Crippen LogP contribution in [0.4, 0.5) is 5.82 Å². The third-order valence-electron chi connectivity index (χ3n) is 5.85. The zero-order chi connectivity index (χ0) is 22.2. The highest BCUT2D eigenvalue weighted by Crippen LogP contribution is 2.29. The summed E-state index contributed by atoms with van der Waals surface area (Å²) in [4.78, 5) is 34.2. The minimum Gasteiger partial charge on any atom is -0.377 e. The number of hydrogen-bond donors (Lipinski definition) is 1. The van der Waals surface area contributed by atoms with Crippen LogP contribution in [0.15, 0.2) is 36.1 Å². The highest BCUT2D eigenvalue weighted by atomic mass is 32.1. The molecule has 4 aromatic rings. The second-order valence-corrected chi connectivity index (χ2v) is 8.92. The molecule has 2 atom stereocenters. The number of aryl methyl sites for hydroxylation is 1. The maximum Gasteiger partial charge on any atom is 0.273 e. The van der Waals surface area contributed by atoms with Gasteiger partial charge in [-0.2, -0.15) is 0 Å². The van der Waals surface area contributed by atoms with Crippen molar-refractivity contribution in [3.63, 3.8) is 0 Å². The lowest BCUT2D eigenvalue weighted by molar-refractivity contribution is 0.00338. The minimum atomic E-state index is -0.187. The van der Waals surface area contributed by atoms with Crippen molar-refractivity contribution >= 4 is 44.2 Å². The summed E-state index contributed by atoms with van der Waals surface area (Å²) in [5.74, 6) is 0.600. The van der Waals surface area contributed by atoms with Gasteiger partial charge in [0.1, 0.15) is 22.4 Å². The van der Waals surface area contributed by atoms with Crippen molar-refractivity contribution in [3.8, 4) is 0 Å². The molecule has 9 heteroatoms. The standard InChI is InChI=1S/C23H24N6O2S/c1-13-5-4-6-16-9-17(15(3)27-21-20-22(25-11-24-21)32-12-26-20)28-19(18(13)16)23(30)29-7-8-31-10-14(29)2/h4-6,9,11-12,14-15H,7-8,10H2,1-3H3,(H,24,25,27)/t14-,15+/m1/s1. The number of hydrogen-bond acceptors (Lipinski definition) is 8. The van der Waals surface area contributed by atoms with E-state index in [-0.39, 0.29) is 18.0 Å². The predicted octanol–water partition coefficient (Wildman–Crippen LogP) is 3.98. The lowest BCUT2D eigenvalue weighted by Crippen LogP contribution is -2.47. The van der Waals surface area contributed by atoms with E-state index in [9.17, 15) is 4.79 Å². The maximum atomic E-state index is 13.6. The lowest BCUT2D eigenvalue weighted by Gasteiger charge is -2.33. The van der Waals surface area contributed by atoms with Gasteiger partial charge in [0.2, 0.25) is 0 Å². The number of fused-ring (bicyclic) bond motifs is 2. The van der Waals surface area contributed by atoms with E-state index >= 15 is 0 Å². The fourth-order valence-electron chi connectivity index (χ4n) is 4.13. The average Bonchev–Trinajstić information content (AvgIpc) is 3.28. The van der Waals surface area contributed by atoms with Crippen molar-refractivity contribution in [2.75, 3.05) is 25.1 Å². The number of anilines is 1. The Morgan fingerprint density at radius 3 is 3.03 bits per heavy atom. The van der Waals surface area contributed by atoms with Crippen LogP contribution in [0.5, 0.6) is 0 Å². The molecular formula is C23H24N6O2S. The Morgan fingerprint density at radius 1 is 1.31 bits per heavy atom. The number of aromatic nitrogens is 4. The number of nitrogens with zero attached hydrogens (tertiary/aromatic N) is 5. The van der Waals surface area contributed by atoms with Gasteiger partial charge < -0.3 is 15.0 Å². The number of carbonyl (C=O) groups is 1. The van der Waals surface area contributed by atoms with Gasteiger partial charge in [0.05, 0.1) is 36.5 Å². The average molecular weight is 449 g/mol. The molecule has 4 heterocycles. The minimum absolute atomic E-state index is 0.00953. The molecule has 0 aliphatic carbocycles. The third-order valence-corrected chi connectivity index (χ3v) is 6.58. The van der Waals surface area contributed by atoms with Crippen molar-refractivity contribution in [1.29, 1.82) is 0 Å². The molecule has 0 saturated carbocycles. The zero-order valence-corrected chi connectivity index (χ0v) is 19.0. The first-order valence-corrected chi connectivity index (χ1v) is 11.5. The second-order valence-electron chi connectivity index (χ2n) is 8.09. The van der Waals surface area contributed by atoms with E-state index in [0.717, 1.165) is 32.4 Å². The predicted molar refractivity (Wildman–Crippen MR) is 125 cm³/mol. The molecule has 32 heavy (non-hydrogen) atoms. The summed E-state index contributed by atoms with van der Waals surface area (Å²) >= 11 is 1.47. The molecule has 1 aliphatic heterocycles. The maximum absolute atomic E-state index is 13.6. The SMILES string of the molecule is Cc1cccc2cc([C@H](C)Nc3ncnc4scnc34)nc(C(=O)N3CCOC[C@H]3C)c12. The first-order chi connectivity index (χ1) is 15.5. The summed E-state index contributed by atoms with van der Waals surface area (Å²) in [6.45, 7) is 7.68. The van der Waals surface area contributed by atoms with Gasteiger partial charge in [-0.05, 0) is 37.8 Å². The van der Waals surface area contributed by atoms with Crippen molar-refractivity contribution in [1.82, 2.24) is 24.8 Å². The van der Waals surface area contributed by atoms with Gasteiger partial charge in [0.15, 0.2) is 5.82 Å². The van der Waals surface area contributed by atoms with Crippen LogP contribution in [-0.4, -0.2) is 56.5 Å². The molecular weight excluding hydrogens is 424 g/mol. The van der Waals surface area contributed by atoms with Crippen LogP contribution < -0.4 is 5.32 Å². The van der Waals surface area contributed by atoms with Crippen molar-refractivity contribution in [2.45, 2.75) is 32.9 Å². The van der Waals surface area contributed by atoms with Gasteiger partial charge in [-0.15, -0.1) is 11.3 Å². The number of nitrogens with one attached hydrogen (secondary N) is 1. The summed E-state index contributed by atoms with van der Waals surface area (Å²) in [5, 5.41) is 5.30. The molecule has 1 saturated heterocycles. The van der Waals surface area contributed by atoms with Gasteiger partial charge in [-0.25, -0.2) is 19.9 Å². The Balaban J connectivity index is 1.56. The third kappa shape index (κ3) is 3.67. The molecule has 164 valence electrons. The number of thiazole rings is 1. The Bertz CT molecular complexity index is 1310. The van der Waals surface area contributed by atoms with Crippen LogP contribution >= 0.6 is 11.3 Å². The summed E-state index contributed by atoms with van der Waals surface area (Å²) in [7, 11) is 0. The number of carbonyl (C=O) groups excluding carboxylic acids is 1. The van der Waals surface area contributed by atoms with E-state index in [1.165, 1.54) is 17.7 Å². The van der Waals surface area contributed by atoms with Crippen molar-refractivity contribution < 1.29 is 9.53 Å². The number of ether oxygens (including phenoxy) is 1. The van der Waals surface area contributed by atoms with Gasteiger partial charge in [-0.1, -0.05) is 18.2 Å². The van der Waals surface area contributed by atoms with Gasteiger partial charge in [0.25, 0.3) is 5.91 Å². The number of pyridine rings is 1. The Morgan fingerprint density at radius 2 is 2.19 bits per heavy atom. The molecule has 1 aliphatic rings. The molecule has 0 spiro atoms. The topological polar surface area (TPSA) is 93.1 Å². The molecule has 8 nitrogen and oxygen atoms in total. The number of benzene rings is 1. The molecule has 1 aromatic carbocycles. The van der Waals surface area contributed by atoms with E-state index in [0.29, 0.717) is 31.3 Å². The fourth-order valence-corrected chi connectivity index (χ4v) is 4.76. The van der Waals surface area contributed by atoms with E-state index < -0.39 is 0 Å². The quantitative estimate of drug-likeness (QED) is 0.505.